The minimum atomic E-state index is 0.0861. The quantitative estimate of drug-likeness (QED) is 0.697. The lowest BCUT2D eigenvalue weighted by Gasteiger charge is -2.32. The van der Waals surface area contributed by atoms with Crippen LogP contribution in [0.25, 0.3) is 0 Å². The number of carbonyl (C=O) groups excluding carboxylic acids is 2. The van der Waals surface area contributed by atoms with Crippen molar-refractivity contribution in [2.75, 3.05) is 26.2 Å². The van der Waals surface area contributed by atoms with Gasteiger partial charge in [-0.3, -0.25) is 14.5 Å². The van der Waals surface area contributed by atoms with E-state index >= 15 is 0 Å². The molecule has 1 atom stereocenters. The number of hydrogen-bond acceptors (Lipinski definition) is 5. The number of piperidine rings is 1. The predicted octanol–water partition coefficient (Wildman–Crippen LogP) is 1.69. The maximum atomic E-state index is 12.4. The Morgan fingerprint density at radius 2 is 1.87 bits per heavy atom. The average Bonchev–Trinajstić information content (AvgIpc) is 3.45. The summed E-state index contributed by atoms with van der Waals surface area (Å²) in [5, 5.41) is 7.22. The Hall–Kier alpha value is -2.74. The summed E-state index contributed by atoms with van der Waals surface area (Å²) in [7, 11) is 0. The van der Waals surface area contributed by atoms with Crippen molar-refractivity contribution in [3.63, 3.8) is 0 Å². The molecule has 0 spiro atoms. The number of aromatic nitrogens is 3. The van der Waals surface area contributed by atoms with E-state index in [9.17, 15) is 9.59 Å². The van der Waals surface area contributed by atoms with E-state index in [1.54, 1.807) is 11.0 Å². The van der Waals surface area contributed by atoms with Crippen LogP contribution in [0, 0.1) is 5.92 Å². The van der Waals surface area contributed by atoms with Crippen LogP contribution in [0.3, 0.4) is 0 Å². The molecule has 0 aliphatic carbocycles. The van der Waals surface area contributed by atoms with E-state index in [1.807, 2.05) is 11.0 Å². The molecule has 1 aromatic heterocycles. The average molecular weight is 425 g/mol. The molecule has 2 aliphatic rings. The summed E-state index contributed by atoms with van der Waals surface area (Å²) in [6, 6.07) is 10.7. The van der Waals surface area contributed by atoms with Crippen molar-refractivity contribution in [2.24, 2.45) is 5.92 Å². The second-order valence-electron chi connectivity index (χ2n) is 8.73. The van der Waals surface area contributed by atoms with Crippen LogP contribution in [0.2, 0.25) is 0 Å². The lowest BCUT2D eigenvalue weighted by Crippen LogP contribution is -2.41. The van der Waals surface area contributed by atoms with Gasteiger partial charge in [0.05, 0.1) is 0 Å². The van der Waals surface area contributed by atoms with Gasteiger partial charge in [-0.2, -0.15) is 5.10 Å². The lowest BCUT2D eigenvalue weighted by molar-refractivity contribution is -0.133. The summed E-state index contributed by atoms with van der Waals surface area (Å²) in [6.45, 7) is 4.67. The van der Waals surface area contributed by atoms with Gasteiger partial charge in [-0.05, 0) is 37.2 Å². The van der Waals surface area contributed by atoms with Crippen molar-refractivity contribution in [3.8, 4) is 0 Å². The fraction of sp³-hybridized carbons (Fsp3) is 0.565. The third-order valence-corrected chi connectivity index (χ3v) is 6.40. The molecule has 2 aromatic rings. The summed E-state index contributed by atoms with van der Waals surface area (Å²) in [5.74, 6) is 0.763. The van der Waals surface area contributed by atoms with E-state index in [4.69, 9.17) is 0 Å². The Morgan fingerprint density at radius 3 is 2.61 bits per heavy atom. The smallest absolute Gasteiger partial charge is 0.244 e. The van der Waals surface area contributed by atoms with E-state index in [0.29, 0.717) is 12.3 Å². The van der Waals surface area contributed by atoms with Crippen LogP contribution in [-0.4, -0.2) is 68.6 Å². The minimum absolute atomic E-state index is 0.0861. The van der Waals surface area contributed by atoms with Crippen molar-refractivity contribution < 1.29 is 9.59 Å². The second kappa shape index (κ2) is 10.5. The zero-order chi connectivity index (χ0) is 21.5. The van der Waals surface area contributed by atoms with Crippen molar-refractivity contribution in [2.45, 2.75) is 51.2 Å². The number of amides is 2. The standard InChI is InChI=1S/C23H32N6O2/c30-22(26-21-10-11-27(15-21)14-20-4-2-1-3-5-20)7-6-19-8-12-28(13-9-19)23(31)16-29-18-24-17-25-29/h1-5,17-19,21H,6-16H2,(H,26,30)/t21-/m0/s1. The monoisotopic (exact) mass is 424 g/mol. The second-order valence-corrected chi connectivity index (χ2v) is 8.73. The molecular formula is C23H32N6O2. The van der Waals surface area contributed by atoms with Gasteiger partial charge in [0, 0.05) is 45.2 Å². The number of hydrogen-bond donors (Lipinski definition) is 1. The normalized spacial score (nSPS) is 20.1. The molecule has 2 aliphatic heterocycles. The van der Waals surface area contributed by atoms with Gasteiger partial charge in [0.2, 0.25) is 11.8 Å². The van der Waals surface area contributed by atoms with Crippen LogP contribution >= 0.6 is 0 Å². The summed E-state index contributed by atoms with van der Waals surface area (Å²) in [4.78, 5) is 33.0. The highest BCUT2D eigenvalue weighted by Crippen LogP contribution is 2.22. The van der Waals surface area contributed by atoms with Gasteiger partial charge in [0.25, 0.3) is 0 Å². The van der Waals surface area contributed by atoms with Gasteiger partial charge >= 0.3 is 0 Å². The van der Waals surface area contributed by atoms with Gasteiger partial charge in [-0.25, -0.2) is 9.67 Å². The predicted molar refractivity (Wildman–Crippen MR) is 117 cm³/mol. The molecule has 0 bridgehead atoms. The number of benzene rings is 1. The first-order valence-electron chi connectivity index (χ1n) is 11.3. The maximum absolute atomic E-state index is 12.4. The van der Waals surface area contributed by atoms with Crippen LogP contribution < -0.4 is 5.32 Å². The summed E-state index contributed by atoms with van der Waals surface area (Å²) in [6.07, 6.45) is 7.43. The largest absolute Gasteiger partial charge is 0.352 e. The first kappa shape index (κ1) is 21.5. The number of carbonyl (C=O) groups is 2. The van der Waals surface area contributed by atoms with E-state index in [-0.39, 0.29) is 24.4 Å². The zero-order valence-corrected chi connectivity index (χ0v) is 18.0. The number of nitrogens with zero attached hydrogens (tertiary/aromatic N) is 5. The maximum Gasteiger partial charge on any atom is 0.244 e. The van der Waals surface area contributed by atoms with Gasteiger partial charge in [0.1, 0.15) is 19.2 Å². The molecule has 3 heterocycles. The molecule has 2 saturated heterocycles. The Balaban J connectivity index is 1.11. The van der Waals surface area contributed by atoms with Crippen LogP contribution in [0.4, 0.5) is 0 Å². The highest BCUT2D eigenvalue weighted by Gasteiger charge is 2.26. The van der Waals surface area contributed by atoms with Crippen LogP contribution in [0.5, 0.6) is 0 Å². The molecule has 4 rings (SSSR count). The molecular weight excluding hydrogens is 392 g/mol. The lowest BCUT2D eigenvalue weighted by atomic mass is 9.92. The van der Waals surface area contributed by atoms with Crippen molar-refractivity contribution >= 4 is 11.8 Å². The van der Waals surface area contributed by atoms with Gasteiger partial charge < -0.3 is 10.2 Å². The van der Waals surface area contributed by atoms with Crippen LogP contribution in [0.15, 0.2) is 43.0 Å². The van der Waals surface area contributed by atoms with Gasteiger partial charge in [-0.15, -0.1) is 0 Å². The molecule has 1 N–H and O–H groups in total. The molecule has 1 aromatic carbocycles. The van der Waals surface area contributed by atoms with E-state index < -0.39 is 0 Å². The molecule has 8 nitrogen and oxygen atoms in total. The Labute approximate surface area is 183 Å². The van der Waals surface area contributed by atoms with Crippen molar-refractivity contribution in [1.29, 1.82) is 0 Å². The first-order valence-corrected chi connectivity index (χ1v) is 11.3. The summed E-state index contributed by atoms with van der Waals surface area (Å²) < 4.78 is 1.56. The van der Waals surface area contributed by atoms with Crippen molar-refractivity contribution in [1.82, 2.24) is 29.9 Å². The summed E-state index contributed by atoms with van der Waals surface area (Å²) in [5.41, 5.74) is 1.32. The third-order valence-electron chi connectivity index (χ3n) is 6.40. The fourth-order valence-corrected chi connectivity index (χ4v) is 4.59. The SMILES string of the molecule is O=C(CCC1CCN(C(=O)Cn2cncn2)CC1)N[C@H]1CCN(Cc2ccccc2)C1. The highest BCUT2D eigenvalue weighted by molar-refractivity contribution is 5.76. The van der Waals surface area contributed by atoms with Gasteiger partial charge in [0.15, 0.2) is 0 Å². The van der Waals surface area contributed by atoms with Crippen LogP contribution in [-0.2, 0) is 22.7 Å². The van der Waals surface area contributed by atoms with Crippen LogP contribution in [0.1, 0.15) is 37.7 Å². The zero-order valence-electron chi connectivity index (χ0n) is 18.0. The Bertz CT molecular complexity index is 833. The van der Waals surface area contributed by atoms with Gasteiger partial charge in [-0.1, -0.05) is 30.3 Å². The Kier molecular flexibility index (Phi) is 7.30. The van der Waals surface area contributed by atoms with Crippen molar-refractivity contribution in [3.05, 3.63) is 48.5 Å². The molecule has 8 heteroatoms. The number of likely N-dealkylation sites (tertiary alicyclic amines) is 2. The molecule has 2 amide bonds. The molecule has 0 unspecified atom stereocenters. The molecule has 31 heavy (non-hydrogen) atoms. The summed E-state index contributed by atoms with van der Waals surface area (Å²) >= 11 is 0. The Morgan fingerprint density at radius 1 is 1.06 bits per heavy atom. The number of nitrogens with one attached hydrogen (secondary N) is 1. The van der Waals surface area contributed by atoms with E-state index in [1.165, 1.54) is 11.9 Å². The molecule has 166 valence electrons. The molecule has 0 saturated carbocycles. The minimum Gasteiger partial charge on any atom is -0.352 e. The molecule has 0 radical (unpaired) electrons. The van der Waals surface area contributed by atoms with E-state index in [2.05, 4.69) is 44.6 Å². The first-order chi connectivity index (χ1) is 15.2. The molecule has 2 fully saturated rings. The fourth-order valence-electron chi connectivity index (χ4n) is 4.59. The topological polar surface area (TPSA) is 83.4 Å². The van der Waals surface area contributed by atoms with E-state index in [0.717, 1.165) is 58.4 Å². The number of rotatable bonds is 8. The highest BCUT2D eigenvalue weighted by atomic mass is 16.2. The third kappa shape index (κ3) is 6.37.